The Hall–Kier alpha value is -2.38. The first kappa shape index (κ1) is 18.6. The lowest BCUT2D eigenvalue weighted by atomic mass is 9.50. The van der Waals surface area contributed by atoms with Gasteiger partial charge in [0.05, 0.1) is 6.33 Å². The molecule has 1 N–H and O–H groups in total. The number of carbonyl (C=O) groups excluding carboxylic acids is 1. The lowest BCUT2D eigenvalue weighted by molar-refractivity contribution is -0.124. The van der Waals surface area contributed by atoms with Crippen molar-refractivity contribution in [2.45, 2.75) is 51.6 Å². The van der Waals surface area contributed by atoms with Crippen LogP contribution in [0, 0.1) is 29.6 Å². The SMILES string of the molecule is CC(NC(=O)Cn1cnc2c1c(=O)n(C)c(=O)n2C)C1C2CC3CC(C2)CC1C3. The highest BCUT2D eigenvalue weighted by Crippen LogP contribution is 2.57. The maximum atomic E-state index is 12.8. The van der Waals surface area contributed by atoms with E-state index in [1.807, 2.05) is 0 Å². The number of fused-ring (bicyclic) bond motifs is 1. The Morgan fingerprint density at radius 3 is 2.34 bits per heavy atom. The van der Waals surface area contributed by atoms with E-state index in [0.29, 0.717) is 11.6 Å². The van der Waals surface area contributed by atoms with Crippen LogP contribution in [0.25, 0.3) is 11.2 Å². The van der Waals surface area contributed by atoms with Crippen LogP contribution in [0.2, 0.25) is 0 Å². The molecule has 0 radical (unpaired) electrons. The predicted octanol–water partition coefficient (Wildman–Crippen LogP) is 1.01. The fraction of sp³-hybridized carbons (Fsp3) is 0.714. The third-order valence-electron chi connectivity index (χ3n) is 7.80. The van der Waals surface area contributed by atoms with Gasteiger partial charge in [-0.2, -0.15) is 0 Å². The molecule has 29 heavy (non-hydrogen) atoms. The molecule has 1 atom stereocenters. The van der Waals surface area contributed by atoms with Crippen molar-refractivity contribution in [1.29, 1.82) is 0 Å². The van der Waals surface area contributed by atoms with Gasteiger partial charge in [-0.05, 0) is 68.6 Å². The van der Waals surface area contributed by atoms with E-state index in [2.05, 4.69) is 17.2 Å². The highest BCUT2D eigenvalue weighted by atomic mass is 16.2. The van der Waals surface area contributed by atoms with Crippen molar-refractivity contribution in [2.75, 3.05) is 0 Å². The van der Waals surface area contributed by atoms with Gasteiger partial charge < -0.3 is 9.88 Å². The van der Waals surface area contributed by atoms with Crippen LogP contribution in [0.5, 0.6) is 0 Å². The molecule has 4 bridgehead atoms. The van der Waals surface area contributed by atoms with E-state index in [-0.39, 0.29) is 24.0 Å². The summed E-state index contributed by atoms with van der Waals surface area (Å²) in [5.74, 6) is 3.78. The highest BCUT2D eigenvalue weighted by Gasteiger charge is 2.49. The van der Waals surface area contributed by atoms with Crippen molar-refractivity contribution in [3.05, 3.63) is 27.2 Å². The Balaban J connectivity index is 1.34. The van der Waals surface area contributed by atoms with Crippen LogP contribution in [0.1, 0.15) is 39.0 Å². The third kappa shape index (κ3) is 2.87. The molecule has 0 saturated heterocycles. The molecule has 2 heterocycles. The molecule has 0 aliphatic heterocycles. The molecule has 0 aromatic carbocycles. The Morgan fingerprint density at radius 2 is 1.72 bits per heavy atom. The van der Waals surface area contributed by atoms with Gasteiger partial charge in [0.15, 0.2) is 11.2 Å². The van der Waals surface area contributed by atoms with Crippen molar-refractivity contribution >= 4 is 17.1 Å². The monoisotopic (exact) mass is 399 g/mol. The molecule has 8 heteroatoms. The quantitative estimate of drug-likeness (QED) is 0.831. The number of aryl methyl sites for hydroxylation is 1. The largest absolute Gasteiger partial charge is 0.352 e. The van der Waals surface area contributed by atoms with Crippen LogP contribution in [0.3, 0.4) is 0 Å². The van der Waals surface area contributed by atoms with Crippen molar-refractivity contribution in [2.24, 2.45) is 43.7 Å². The average molecular weight is 399 g/mol. The number of carbonyl (C=O) groups is 1. The fourth-order valence-electron chi connectivity index (χ4n) is 6.85. The number of hydrogen-bond acceptors (Lipinski definition) is 4. The van der Waals surface area contributed by atoms with Gasteiger partial charge in [0.25, 0.3) is 5.56 Å². The Kier molecular flexibility index (Phi) is 4.22. The fourth-order valence-corrected chi connectivity index (χ4v) is 6.85. The second-order valence-corrected chi connectivity index (χ2v) is 9.61. The summed E-state index contributed by atoms with van der Waals surface area (Å²) in [6, 6.07) is 0.138. The van der Waals surface area contributed by atoms with Crippen LogP contribution >= 0.6 is 0 Å². The van der Waals surface area contributed by atoms with E-state index in [9.17, 15) is 14.4 Å². The summed E-state index contributed by atoms with van der Waals surface area (Å²) in [6.45, 7) is 2.17. The molecule has 0 spiro atoms. The molecule has 156 valence electrons. The molecule has 4 aliphatic carbocycles. The molecule has 4 fully saturated rings. The minimum absolute atomic E-state index is 0.0294. The van der Waals surface area contributed by atoms with Crippen molar-refractivity contribution in [3.63, 3.8) is 0 Å². The summed E-state index contributed by atoms with van der Waals surface area (Å²) in [6.07, 6.45) is 8.20. The van der Waals surface area contributed by atoms with Crippen LogP contribution < -0.4 is 16.6 Å². The number of hydrogen-bond donors (Lipinski definition) is 1. The van der Waals surface area contributed by atoms with Crippen molar-refractivity contribution < 1.29 is 4.79 Å². The van der Waals surface area contributed by atoms with Gasteiger partial charge in [-0.1, -0.05) is 0 Å². The van der Waals surface area contributed by atoms with E-state index < -0.39 is 11.2 Å². The molecule has 1 amide bonds. The van der Waals surface area contributed by atoms with Crippen LogP contribution in [-0.2, 0) is 25.4 Å². The third-order valence-corrected chi connectivity index (χ3v) is 7.80. The molecule has 4 aliphatic rings. The average Bonchev–Trinajstić information content (AvgIpc) is 3.07. The Labute approximate surface area is 168 Å². The smallest absolute Gasteiger partial charge is 0.332 e. The summed E-state index contributed by atoms with van der Waals surface area (Å²) in [4.78, 5) is 41.6. The molecule has 2 aromatic rings. The number of imidazole rings is 1. The van der Waals surface area contributed by atoms with E-state index in [1.54, 1.807) is 11.6 Å². The Bertz CT molecular complexity index is 1070. The molecule has 4 saturated carbocycles. The topological polar surface area (TPSA) is 90.9 Å². The van der Waals surface area contributed by atoms with Crippen molar-refractivity contribution in [1.82, 2.24) is 24.0 Å². The zero-order chi connectivity index (χ0) is 20.4. The van der Waals surface area contributed by atoms with Crippen LogP contribution in [0.4, 0.5) is 0 Å². The minimum atomic E-state index is -0.428. The summed E-state index contributed by atoms with van der Waals surface area (Å²) < 4.78 is 3.94. The van der Waals surface area contributed by atoms with E-state index in [1.165, 1.54) is 50.0 Å². The maximum Gasteiger partial charge on any atom is 0.332 e. The number of amides is 1. The summed E-state index contributed by atoms with van der Waals surface area (Å²) in [5, 5.41) is 3.21. The van der Waals surface area contributed by atoms with Gasteiger partial charge in [-0.15, -0.1) is 0 Å². The zero-order valence-corrected chi connectivity index (χ0v) is 17.3. The standard InChI is InChI=1S/C21H29N5O3/c1-11(17-14-5-12-4-13(7-14)8-15(17)6-12)23-16(27)9-26-10-22-19-18(26)20(28)25(3)21(29)24(19)2/h10-15,17H,4-9H2,1-3H3,(H,23,27). The molecular weight excluding hydrogens is 370 g/mol. The van der Waals surface area contributed by atoms with Gasteiger partial charge in [0.1, 0.15) is 6.54 Å². The number of rotatable bonds is 4. The molecule has 6 rings (SSSR count). The normalized spacial score (nSPS) is 31.3. The summed E-state index contributed by atoms with van der Waals surface area (Å²) >= 11 is 0. The lowest BCUT2D eigenvalue weighted by Crippen LogP contribution is -2.53. The van der Waals surface area contributed by atoms with Gasteiger partial charge in [0.2, 0.25) is 5.91 Å². The van der Waals surface area contributed by atoms with Gasteiger partial charge in [-0.3, -0.25) is 18.7 Å². The van der Waals surface area contributed by atoms with Crippen LogP contribution in [0.15, 0.2) is 15.9 Å². The lowest BCUT2D eigenvalue weighted by Gasteiger charge is -2.56. The zero-order valence-electron chi connectivity index (χ0n) is 17.3. The predicted molar refractivity (Wildman–Crippen MR) is 108 cm³/mol. The second kappa shape index (κ2) is 6.57. The number of nitrogens with one attached hydrogen (secondary N) is 1. The number of aromatic nitrogens is 4. The number of nitrogens with zero attached hydrogens (tertiary/aromatic N) is 4. The minimum Gasteiger partial charge on any atom is -0.352 e. The first-order valence-electron chi connectivity index (χ1n) is 10.7. The van der Waals surface area contributed by atoms with Crippen molar-refractivity contribution in [3.8, 4) is 0 Å². The summed E-state index contributed by atoms with van der Waals surface area (Å²) in [7, 11) is 3.02. The Morgan fingerprint density at radius 1 is 1.10 bits per heavy atom. The first-order valence-corrected chi connectivity index (χ1v) is 10.7. The van der Waals surface area contributed by atoms with Gasteiger partial charge in [-0.25, -0.2) is 9.78 Å². The van der Waals surface area contributed by atoms with Crippen LogP contribution in [-0.4, -0.2) is 30.6 Å². The molecule has 1 unspecified atom stereocenters. The van der Waals surface area contributed by atoms with Gasteiger partial charge in [0, 0.05) is 20.1 Å². The molecule has 2 aromatic heterocycles. The van der Waals surface area contributed by atoms with Gasteiger partial charge >= 0.3 is 5.69 Å². The molecule has 8 nitrogen and oxygen atoms in total. The first-order chi connectivity index (χ1) is 13.8. The van der Waals surface area contributed by atoms with E-state index >= 15 is 0 Å². The van der Waals surface area contributed by atoms with E-state index in [0.717, 1.165) is 28.2 Å². The highest BCUT2D eigenvalue weighted by molar-refractivity contribution is 5.79. The maximum absolute atomic E-state index is 12.8. The van der Waals surface area contributed by atoms with E-state index in [4.69, 9.17) is 0 Å². The second-order valence-electron chi connectivity index (χ2n) is 9.61. The molecular formula is C21H29N5O3. The summed E-state index contributed by atoms with van der Waals surface area (Å²) in [5.41, 5.74) is -0.262.